The largest absolute Gasteiger partial charge is 0.382 e. The molecular weight excluding hydrogens is 348 g/mol. The maximum atomic E-state index is 13.3. The van der Waals surface area contributed by atoms with Crippen LogP contribution in [-0.2, 0) is 11.2 Å². The fourth-order valence-electron chi connectivity index (χ4n) is 3.93. The third kappa shape index (κ3) is 5.66. The molecule has 0 radical (unpaired) electrons. The van der Waals surface area contributed by atoms with Crippen LogP contribution in [0.5, 0.6) is 0 Å². The fourth-order valence-corrected chi connectivity index (χ4v) is 3.93. The Morgan fingerprint density at radius 1 is 1.07 bits per heavy atom. The monoisotopic (exact) mass is 380 g/mol. The van der Waals surface area contributed by atoms with E-state index in [9.17, 15) is 4.79 Å². The normalized spacial score (nSPS) is 17.4. The molecule has 0 bridgehead atoms. The van der Waals surface area contributed by atoms with Crippen LogP contribution in [-0.4, -0.2) is 48.3 Å². The maximum Gasteiger partial charge on any atom is 0.268 e. The lowest BCUT2D eigenvalue weighted by molar-refractivity contribution is -0.0575. The number of hydrogen-bond acceptors (Lipinski definition) is 3. The first-order chi connectivity index (χ1) is 13.8. The molecule has 0 spiro atoms. The highest BCUT2D eigenvalue weighted by Crippen LogP contribution is 2.24. The van der Waals surface area contributed by atoms with Gasteiger partial charge in [0.25, 0.3) is 5.91 Å². The molecule has 1 atom stereocenters. The summed E-state index contributed by atoms with van der Waals surface area (Å²) in [5.41, 5.74) is 2.09. The number of rotatable bonds is 9. The van der Waals surface area contributed by atoms with Crippen molar-refractivity contribution in [1.29, 1.82) is 0 Å². The minimum atomic E-state index is 0.0945. The van der Waals surface area contributed by atoms with E-state index < -0.39 is 0 Å². The van der Waals surface area contributed by atoms with Gasteiger partial charge < -0.3 is 4.74 Å². The van der Waals surface area contributed by atoms with Gasteiger partial charge in [0.05, 0.1) is 0 Å². The number of carbonyl (C=O) groups is 1. The first-order valence-corrected chi connectivity index (χ1v) is 10.5. The molecule has 150 valence electrons. The van der Waals surface area contributed by atoms with Gasteiger partial charge in [0.1, 0.15) is 0 Å². The molecule has 28 heavy (non-hydrogen) atoms. The molecule has 1 aliphatic rings. The van der Waals surface area contributed by atoms with E-state index in [1.54, 1.807) is 0 Å². The van der Waals surface area contributed by atoms with Crippen molar-refractivity contribution in [2.45, 2.75) is 45.1 Å². The van der Waals surface area contributed by atoms with Crippen LogP contribution in [0.4, 0.5) is 0 Å². The summed E-state index contributed by atoms with van der Waals surface area (Å²) in [6, 6.07) is 20.6. The third-order valence-electron chi connectivity index (χ3n) is 5.34. The van der Waals surface area contributed by atoms with E-state index in [1.807, 2.05) is 42.3 Å². The lowest BCUT2D eigenvalue weighted by Gasteiger charge is -2.43. The number of piperidine rings is 1. The average Bonchev–Trinajstić information content (AvgIpc) is 2.75. The highest BCUT2D eigenvalue weighted by atomic mass is 16.5. The van der Waals surface area contributed by atoms with Crippen LogP contribution in [0.1, 0.15) is 48.5 Å². The van der Waals surface area contributed by atoms with Crippen LogP contribution in [0.2, 0.25) is 0 Å². The maximum absolute atomic E-state index is 13.3. The molecule has 0 N–H and O–H groups in total. The zero-order valence-electron chi connectivity index (χ0n) is 16.9. The zero-order valence-corrected chi connectivity index (χ0v) is 16.9. The smallest absolute Gasteiger partial charge is 0.268 e. The van der Waals surface area contributed by atoms with Crippen molar-refractivity contribution >= 4 is 5.91 Å². The zero-order chi connectivity index (χ0) is 19.6. The van der Waals surface area contributed by atoms with Crippen LogP contribution < -0.4 is 0 Å². The van der Waals surface area contributed by atoms with E-state index in [0.29, 0.717) is 25.8 Å². The molecule has 0 aliphatic carbocycles. The average molecular weight is 381 g/mol. The van der Waals surface area contributed by atoms with E-state index in [-0.39, 0.29) is 5.91 Å². The van der Waals surface area contributed by atoms with Crippen LogP contribution in [0.15, 0.2) is 60.7 Å². The molecule has 1 fully saturated rings. The van der Waals surface area contributed by atoms with Crippen LogP contribution in [0, 0.1) is 0 Å². The van der Waals surface area contributed by atoms with Gasteiger partial charge in [-0.2, -0.15) is 0 Å². The Labute approximate surface area is 169 Å². The molecule has 3 rings (SSSR count). The van der Waals surface area contributed by atoms with E-state index in [4.69, 9.17) is 4.74 Å². The summed E-state index contributed by atoms with van der Waals surface area (Å²) in [6.45, 7) is 5.04. The Morgan fingerprint density at radius 3 is 2.50 bits per heavy atom. The molecule has 1 unspecified atom stereocenters. The minimum Gasteiger partial charge on any atom is -0.382 e. The summed E-state index contributed by atoms with van der Waals surface area (Å²) in [5.74, 6) is 0.0945. The molecular formula is C24H32N2O2. The van der Waals surface area contributed by atoms with Crippen molar-refractivity contribution in [2.24, 2.45) is 0 Å². The summed E-state index contributed by atoms with van der Waals surface area (Å²) in [4.78, 5) is 13.3. The number of amides is 1. The Kier molecular flexibility index (Phi) is 8.07. The minimum absolute atomic E-state index is 0.0945. The Morgan fingerprint density at radius 2 is 1.79 bits per heavy atom. The Hall–Kier alpha value is -2.17. The van der Waals surface area contributed by atoms with Crippen LogP contribution >= 0.6 is 0 Å². The van der Waals surface area contributed by atoms with E-state index in [0.717, 1.165) is 37.8 Å². The molecule has 2 aromatic carbocycles. The number of nitrogens with zero attached hydrogens (tertiary/aromatic N) is 2. The van der Waals surface area contributed by atoms with E-state index >= 15 is 0 Å². The van der Waals surface area contributed by atoms with Crippen molar-refractivity contribution in [2.75, 3.05) is 26.3 Å². The molecule has 1 saturated heterocycles. The lowest BCUT2D eigenvalue weighted by Crippen LogP contribution is -2.54. The number of benzene rings is 2. The lowest BCUT2D eigenvalue weighted by atomic mass is 9.97. The summed E-state index contributed by atoms with van der Waals surface area (Å²) < 4.78 is 5.52. The number of ether oxygens (including phenoxy) is 1. The summed E-state index contributed by atoms with van der Waals surface area (Å²) in [6.07, 6.45) is 5.31. The predicted octanol–water partition coefficient (Wildman–Crippen LogP) is 4.57. The quantitative estimate of drug-likeness (QED) is 0.598. The van der Waals surface area contributed by atoms with Gasteiger partial charge in [0.2, 0.25) is 0 Å². The van der Waals surface area contributed by atoms with Gasteiger partial charge in [-0.05, 0) is 50.3 Å². The van der Waals surface area contributed by atoms with Gasteiger partial charge >= 0.3 is 0 Å². The van der Waals surface area contributed by atoms with Crippen LogP contribution in [0.3, 0.4) is 0 Å². The van der Waals surface area contributed by atoms with E-state index in [2.05, 4.69) is 35.3 Å². The summed E-state index contributed by atoms with van der Waals surface area (Å²) in [5, 5.41) is 4.32. The Balaban J connectivity index is 1.78. The second kappa shape index (κ2) is 11.0. The van der Waals surface area contributed by atoms with Gasteiger partial charge in [-0.15, -0.1) is 0 Å². The molecule has 1 aliphatic heterocycles. The van der Waals surface area contributed by atoms with Crippen molar-refractivity contribution in [3.05, 3.63) is 71.8 Å². The summed E-state index contributed by atoms with van der Waals surface area (Å²) in [7, 11) is 0. The molecule has 2 aromatic rings. The van der Waals surface area contributed by atoms with Gasteiger partial charge in [-0.1, -0.05) is 55.0 Å². The summed E-state index contributed by atoms with van der Waals surface area (Å²) >= 11 is 0. The van der Waals surface area contributed by atoms with Gasteiger partial charge in [-0.3, -0.25) is 9.80 Å². The fraction of sp³-hybridized carbons (Fsp3) is 0.458. The number of carbonyl (C=O) groups excluding carboxylic acids is 1. The second-order valence-electron chi connectivity index (χ2n) is 7.35. The van der Waals surface area contributed by atoms with Crippen molar-refractivity contribution in [1.82, 2.24) is 10.0 Å². The van der Waals surface area contributed by atoms with Gasteiger partial charge in [0, 0.05) is 37.9 Å². The van der Waals surface area contributed by atoms with Gasteiger partial charge in [0.15, 0.2) is 0 Å². The topological polar surface area (TPSA) is 32.8 Å². The van der Waals surface area contributed by atoms with Crippen LogP contribution in [0.25, 0.3) is 0 Å². The van der Waals surface area contributed by atoms with Gasteiger partial charge in [-0.25, -0.2) is 5.01 Å². The molecule has 1 heterocycles. The molecule has 0 saturated carbocycles. The van der Waals surface area contributed by atoms with Crippen molar-refractivity contribution in [3.63, 3.8) is 0 Å². The predicted molar refractivity (Wildman–Crippen MR) is 113 cm³/mol. The standard InChI is InChI=1S/C24H32N2O2/c1-2-28-19-11-18-26(24(27)22-14-7-4-8-15-22)25-17-10-9-16-23(25)20-21-12-5-3-6-13-21/h3-8,12-15,23H,2,9-11,16-20H2,1H3. The Bertz CT molecular complexity index is 705. The third-order valence-corrected chi connectivity index (χ3v) is 5.34. The number of hydrazine groups is 1. The first-order valence-electron chi connectivity index (χ1n) is 10.5. The second-order valence-corrected chi connectivity index (χ2v) is 7.35. The number of hydrogen-bond donors (Lipinski definition) is 0. The molecule has 4 nitrogen and oxygen atoms in total. The highest BCUT2D eigenvalue weighted by molar-refractivity contribution is 5.93. The highest BCUT2D eigenvalue weighted by Gasteiger charge is 2.30. The van der Waals surface area contributed by atoms with Crippen molar-refractivity contribution < 1.29 is 9.53 Å². The molecule has 4 heteroatoms. The van der Waals surface area contributed by atoms with Crippen molar-refractivity contribution in [3.8, 4) is 0 Å². The van der Waals surface area contributed by atoms with E-state index in [1.165, 1.54) is 12.0 Å². The molecule has 1 amide bonds. The molecule has 0 aromatic heterocycles. The first kappa shape index (κ1) is 20.6. The SMILES string of the molecule is CCOCCCN(C(=O)c1ccccc1)N1CCCCC1Cc1ccccc1.